The minimum atomic E-state index is -0.583. The average Bonchev–Trinajstić information content (AvgIpc) is 2.73. The van der Waals surface area contributed by atoms with Crippen LogP contribution in [0.15, 0.2) is 30.3 Å². The lowest BCUT2D eigenvalue weighted by atomic mass is 10.0. The van der Waals surface area contributed by atoms with Crippen molar-refractivity contribution in [1.82, 2.24) is 10.6 Å². The number of hydrogen-bond donors (Lipinski definition) is 5. The Morgan fingerprint density at radius 3 is 2.00 bits per heavy atom. The number of amides is 2. The molecule has 1 aromatic rings. The number of aryl methyl sites for hydroxylation is 1. The Morgan fingerprint density at radius 2 is 1.61 bits per heavy atom. The van der Waals surface area contributed by atoms with Gasteiger partial charge in [-0.15, -0.1) is 0 Å². The SMILES string of the molecule is CC(C)CC(N)C(=O)NCC(=O)NC(C)CCC=O.CN.Cc1ccccc1.O=CO. The fraction of sp³-hybridized carbons (Fsp3) is 0.545. The Kier molecular flexibility index (Phi) is 24.9. The summed E-state index contributed by atoms with van der Waals surface area (Å²) in [7, 11) is 1.50. The van der Waals surface area contributed by atoms with E-state index >= 15 is 0 Å². The van der Waals surface area contributed by atoms with Crippen LogP contribution in [0, 0.1) is 12.8 Å². The zero-order valence-electron chi connectivity index (χ0n) is 19.3. The molecule has 2 unspecified atom stereocenters. The van der Waals surface area contributed by atoms with Crippen molar-refractivity contribution in [1.29, 1.82) is 0 Å². The first kappa shape index (κ1) is 32.9. The number of hydrogen-bond acceptors (Lipinski definition) is 6. The van der Waals surface area contributed by atoms with Crippen LogP contribution in [0.3, 0.4) is 0 Å². The highest BCUT2D eigenvalue weighted by Crippen LogP contribution is 2.02. The van der Waals surface area contributed by atoms with Gasteiger partial charge >= 0.3 is 0 Å². The van der Waals surface area contributed by atoms with Crippen LogP contribution in [0.5, 0.6) is 0 Å². The van der Waals surface area contributed by atoms with Gasteiger partial charge in [0.05, 0.1) is 12.6 Å². The average molecular weight is 441 g/mol. The van der Waals surface area contributed by atoms with Crippen LogP contribution in [0.1, 0.15) is 45.6 Å². The Morgan fingerprint density at radius 1 is 1.10 bits per heavy atom. The molecule has 0 radical (unpaired) electrons. The van der Waals surface area contributed by atoms with Gasteiger partial charge in [0.25, 0.3) is 6.47 Å². The number of rotatable bonds is 9. The van der Waals surface area contributed by atoms with Crippen molar-refractivity contribution >= 4 is 24.6 Å². The van der Waals surface area contributed by atoms with E-state index in [4.69, 9.17) is 15.6 Å². The zero-order chi connectivity index (χ0) is 24.7. The second-order valence-electron chi connectivity index (χ2n) is 6.93. The lowest BCUT2D eigenvalue weighted by Gasteiger charge is -2.15. The maximum Gasteiger partial charge on any atom is 0.290 e. The summed E-state index contributed by atoms with van der Waals surface area (Å²) in [6.07, 6.45) is 2.40. The summed E-state index contributed by atoms with van der Waals surface area (Å²) in [6.45, 7) is 7.52. The van der Waals surface area contributed by atoms with Gasteiger partial charge in [0.1, 0.15) is 6.29 Å². The number of carbonyl (C=O) groups is 4. The summed E-state index contributed by atoms with van der Waals surface area (Å²) in [5.41, 5.74) is 11.5. The van der Waals surface area contributed by atoms with Gasteiger partial charge in [0, 0.05) is 12.5 Å². The first-order valence-corrected chi connectivity index (χ1v) is 10.1. The summed E-state index contributed by atoms with van der Waals surface area (Å²) in [5, 5.41) is 12.1. The minimum Gasteiger partial charge on any atom is -0.483 e. The molecule has 7 N–H and O–H groups in total. The van der Waals surface area contributed by atoms with Gasteiger partial charge in [-0.25, -0.2) is 0 Å². The molecule has 0 saturated heterocycles. The standard InChI is InChI=1S/C13H25N3O3.C7H8.CH5N.CH2O2/c1-9(2)7-11(14)13(19)15-8-12(18)16-10(3)5-4-6-17;1-7-5-3-2-4-6-7;1-2;2-1-3/h6,9-11H,4-5,7-8,14H2,1-3H3,(H,15,19)(H,16,18);2-6H,1H3;2H2,1H3;1H,(H,2,3). The molecule has 9 heteroatoms. The van der Waals surface area contributed by atoms with Crippen LogP contribution in [-0.2, 0) is 19.2 Å². The van der Waals surface area contributed by atoms with Crippen molar-refractivity contribution in [3.63, 3.8) is 0 Å². The fourth-order valence-electron chi connectivity index (χ4n) is 2.16. The maximum atomic E-state index is 11.6. The molecule has 0 heterocycles. The van der Waals surface area contributed by atoms with E-state index in [0.29, 0.717) is 25.2 Å². The highest BCUT2D eigenvalue weighted by Gasteiger charge is 2.16. The number of aldehydes is 1. The Bertz CT molecular complexity index is 583. The Hall–Kier alpha value is -2.78. The van der Waals surface area contributed by atoms with Crippen molar-refractivity contribution in [2.24, 2.45) is 17.4 Å². The molecule has 178 valence electrons. The maximum absolute atomic E-state index is 11.6. The summed E-state index contributed by atoms with van der Waals surface area (Å²) in [6, 6.07) is 9.59. The fourth-order valence-corrected chi connectivity index (χ4v) is 2.16. The molecule has 0 fully saturated rings. The molecule has 0 spiro atoms. The van der Waals surface area contributed by atoms with Gasteiger partial charge in [-0.05, 0) is 39.7 Å². The second kappa shape index (κ2) is 23.5. The molecular weight excluding hydrogens is 400 g/mol. The van der Waals surface area contributed by atoms with Gasteiger partial charge in [-0.1, -0.05) is 49.7 Å². The van der Waals surface area contributed by atoms with Crippen LogP contribution in [-0.4, -0.2) is 55.4 Å². The number of nitrogens with two attached hydrogens (primary N) is 2. The molecule has 0 aliphatic heterocycles. The predicted molar refractivity (Wildman–Crippen MR) is 123 cm³/mol. The van der Waals surface area contributed by atoms with Gasteiger partial charge < -0.3 is 32.0 Å². The molecule has 0 saturated carbocycles. The molecule has 0 aromatic heterocycles. The summed E-state index contributed by atoms with van der Waals surface area (Å²) >= 11 is 0. The van der Waals surface area contributed by atoms with Crippen LogP contribution < -0.4 is 22.1 Å². The number of nitrogens with one attached hydrogen (secondary N) is 2. The molecular formula is C22H40N4O5. The Labute approximate surface area is 186 Å². The van der Waals surface area contributed by atoms with Crippen LogP contribution in [0.25, 0.3) is 0 Å². The van der Waals surface area contributed by atoms with E-state index < -0.39 is 6.04 Å². The summed E-state index contributed by atoms with van der Waals surface area (Å²) < 4.78 is 0. The summed E-state index contributed by atoms with van der Waals surface area (Å²) in [5.74, 6) is -0.258. The number of carbonyl (C=O) groups excluding carboxylic acids is 3. The van der Waals surface area contributed by atoms with Crippen molar-refractivity contribution in [2.45, 2.75) is 59.0 Å². The molecule has 0 bridgehead atoms. The molecule has 1 rings (SSSR count). The van der Waals surface area contributed by atoms with E-state index in [-0.39, 0.29) is 30.9 Å². The molecule has 0 aliphatic carbocycles. The van der Waals surface area contributed by atoms with E-state index in [1.165, 1.54) is 12.6 Å². The van der Waals surface area contributed by atoms with E-state index in [9.17, 15) is 14.4 Å². The third-order valence-electron chi connectivity index (χ3n) is 3.55. The third-order valence-corrected chi connectivity index (χ3v) is 3.55. The molecule has 1 aromatic carbocycles. The first-order valence-electron chi connectivity index (χ1n) is 10.1. The van der Waals surface area contributed by atoms with Crippen molar-refractivity contribution in [3.05, 3.63) is 35.9 Å². The van der Waals surface area contributed by atoms with E-state index in [1.54, 1.807) is 0 Å². The van der Waals surface area contributed by atoms with Gasteiger partial charge in [-0.2, -0.15) is 0 Å². The minimum absolute atomic E-state index is 0.0843. The van der Waals surface area contributed by atoms with Crippen molar-refractivity contribution in [2.75, 3.05) is 13.6 Å². The summed E-state index contributed by atoms with van der Waals surface area (Å²) in [4.78, 5) is 41.6. The Balaban J connectivity index is -0.000000531. The highest BCUT2D eigenvalue weighted by atomic mass is 16.3. The zero-order valence-corrected chi connectivity index (χ0v) is 19.3. The third kappa shape index (κ3) is 25.2. The molecule has 31 heavy (non-hydrogen) atoms. The van der Waals surface area contributed by atoms with E-state index in [1.807, 2.05) is 39.0 Å². The van der Waals surface area contributed by atoms with Crippen LogP contribution in [0.2, 0.25) is 0 Å². The van der Waals surface area contributed by atoms with E-state index in [0.717, 1.165) is 6.29 Å². The number of benzene rings is 1. The second-order valence-corrected chi connectivity index (χ2v) is 6.93. The lowest BCUT2D eigenvalue weighted by Crippen LogP contribution is -2.46. The van der Waals surface area contributed by atoms with Crippen LogP contribution >= 0.6 is 0 Å². The van der Waals surface area contributed by atoms with Crippen LogP contribution in [0.4, 0.5) is 0 Å². The predicted octanol–water partition coefficient (Wildman–Crippen LogP) is 1.23. The first-order chi connectivity index (χ1) is 14.7. The quantitative estimate of drug-likeness (QED) is 0.360. The van der Waals surface area contributed by atoms with Crippen molar-refractivity contribution < 1.29 is 24.3 Å². The molecule has 2 amide bonds. The monoisotopic (exact) mass is 440 g/mol. The van der Waals surface area contributed by atoms with Crippen molar-refractivity contribution in [3.8, 4) is 0 Å². The largest absolute Gasteiger partial charge is 0.483 e. The topological polar surface area (TPSA) is 165 Å². The number of carboxylic acid groups (broad SMARTS) is 1. The smallest absolute Gasteiger partial charge is 0.290 e. The van der Waals surface area contributed by atoms with Gasteiger partial charge in [-0.3, -0.25) is 14.4 Å². The molecule has 0 aliphatic rings. The molecule has 9 nitrogen and oxygen atoms in total. The molecule has 2 atom stereocenters. The van der Waals surface area contributed by atoms with Gasteiger partial charge in [0.15, 0.2) is 0 Å². The lowest BCUT2D eigenvalue weighted by molar-refractivity contribution is -0.127. The van der Waals surface area contributed by atoms with Gasteiger partial charge in [0.2, 0.25) is 11.8 Å². The highest BCUT2D eigenvalue weighted by molar-refractivity contribution is 5.87. The normalized spacial score (nSPS) is 11.0. The van der Waals surface area contributed by atoms with E-state index in [2.05, 4.69) is 35.4 Å².